The fraction of sp³-hybridized carbons (Fsp3) is 0.417. The predicted molar refractivity (Wildman–Crippen MR) is 118 cm³/mol. The molecule has 1 aromatic carbocycles. The molecule has 2 unspecified atom stereocenters. The first kappa shape index (κ1) is 21.8. The van der Waals surface area contributed by atoms with Gasteiger partial charge in [0.25, 0.3) is 0 Å². The highest BCUT2D eigenvalue weighted by Crippen LogP contribution is 2.37. The van der Waals surface area contributed by atoms with E-state index in [-0.39, 0.29) is 42.3 Å². The van der Waals surface area contributed by atoms with Gasteiger partial charge in [0.1, 0.15) is 5.83 Å². The maximum atomic E-state index is 13.4. The number of ketones is 1. The fourth-order valence-corrected chi connectivity index (χ4v) is 4.36. The van der Waals surface area contributed by atoms with Crippen molar-refractivity contribution in [2.75, 3.05) is 13.7 Å². The van der Waals surface area contributed by atoms with Gasteiger partial charge in [-0.2, -0.15) is 0 Å². The number of nitrogens with zero attached hydrogens (tertiary/aromatic N) is 1. The van der Waals surface area contributed by atoms with Gasteiger partial charge in [0, 0.05) is 23.0 Å². The summed E-state index contributed by atoms with van der Waals surface area (Å²) in [5.41, 5.74) is 0.783. The monoisotopic (exact) mass is 489 g/mol. The van der Waals surface area contributed by atoms with Crippen LogP contribution in [-0.4, -0.2) is 36.3 Å². The van der Waals surface area contributed by atoms with E-state index in [2.05, 4.69) is 15.9 Å². The van der Waals surface area contributed by atoms with Crippen molar-refractivity contribution in [3.05, 3.63) is 58.5 Å². The average Bonchev–Trinajstić information content (AvgIpc) is 3.58. The standard InChI is InChI=1S/C24H25BrFNO4/c1-30-22-13-20(25)17(10-23(22)31-14-15-2-3-15)11-24(29)27-9-8-19(28)12-21(27)16-4-6-18(26)7-5-16/h4,6-10,13,15-16,21H,2-3,5,11-12,14H2,1H3. The Labute approximate surface area is 189 Å². The van der Waals surface area contributed by atoms with Crippen molar-refractivity contribution in [3.63, 3.8) is 0 Å². The van der Waals surface area contributed by atoms with Gasteiger partial charge in [-0.25, -0.2) is 4.39 Å². The van der Waals surface area contributed by atoms with E-state index < -0.39 is 0 Å². The molecule has 0 saturated heterocycles. The molecule has 1 heterocycles. The van der Waals surface area contributed by atoms with Crippen LogP contribution in [0.1, 0.15) is 31.2 Å². The molecular weight excluding hydrogens is 465 g/mol. The van der Waals surface area contributed by atoms with Crippen LogP contribution in [0.5, 0.6) is 11.5 Å². The van der Waals surface area contributed by atoms with Gasteiger partial charge in [-0.3, -0.25) is 9.59 Å². The summed E-state index contributed by atoms with van der Waals surface area (Å²) in [6.45, 7) is 0.641. The molecule has 0 N–H and O–H groups in total. The summed E-state index contributed by atoms with van der Waals surface area (Å²) in [4.78, 5) is 26.9. The van der Waals surface area contributed by atoms with E-state index in [0.29, 0.717) is 30.4 Å². The number of methoxy groups -OCH3 is 1. The summed E-state index contributed by atoms with van der Waals surface area (Å²) in [6, 6.07) is 3.33. The Morgan fingerprint density at radius 1 is 1.26 bits per heavy atom. The molecule has 0 bridgehead atoms. The third-order valence-corrected chi connectivity index (χ3v) is 6.64. The van der Waals surface area contributed by atoms with Crippen molar-refractivity contribution in [1.82, 2.24) is 4.90 Å². The molecule has 2 atom stereocenters. The number of rotatable bonds is 7. The highest BCUT2D eigenvalue weighted by molar-refractivity contribution is 9.10. The molecule has 1 aromatic rings. The molecule has 7 heteroatoms. The van der Waals surface area contributed by atoms with Gasteiger partial charge in [0.2, 0.25) is 5.91 Å². The lowest BCUT2D eigenvalue weighted by atomic mass is 9.86. The number of allylic oxidation sites excluding steroid dienone is 4. The van der Waals surface area contributed by atoms with E-state index in [1.54, 1.807) is 24.3 Å². The van der Waals surface area contributed by atoms with Crippen molar-refractivity contribution in [2.24, 2.45) is 11.8 Å². The molecule has 4 rings (SSSR count). The van der Waals surface area contributed by atoms with Gasteiger partial charge >= 0.3 is 0 Å². The van der Waals surface area contributed by atoms with E-state index in [0.717, 1.165) is 10.0 Å². The molecular formula is C24H25BrFNO4. The predicted octanol–water partition coefficient (Wildman–Crippen LogP) is 4.90. The molecule has 31 heavy (non-hydrogen) atoms. The van der Waals surface area contributed by atoms with Gasteiger partial charge in [0.15, 0.2) is 17.3 Å². The Morgan fingerprint density at radius 3 is 2.74 bits per heavy atom. The van der Waals surface area contributed by atoms with Gasteiger partial charge < -0.3 is 14.4 Å². The minimum Gasteiger partial charge on any atom is -0.493 e. The average molecular weight is 490 g/mol. The van der Waals surface area contributed by atoms with Crippen molar-refractivity contribution in [1.29, 1.82) is 0 Å². The Hall–Kier alpha value is -2.41. The first-order chi connectivity index (χ1) is 14.9. The van der Waals surface area contributed by atoms with Gasteiger partial charge in [-0.05, 0) is 61.1 Å². The number of halogens is 2. The molecule has 0 radical (unpaired) electrons. The Morgan fingerprint density at radius 2 is 2.06 bits per heavy atom. The molecule has 164 valence electrons. The van der Waals surface area contributed by atoms with Crippen LogP contribution in [-0.2, 0) is 16.0 Å². The van der Waals surface area contributed by atoms with Gasteiger partial charge in [-0.15, -0.1) is 0 Å². The normalized spacial score (nSPS) is 23.0. The lowest BCUT2D eigenvalue weighted by molar-refractivity contribution is -0.132. The van der Waals surface area contributed by atoms with E-state index >= 15 is 0 Å². The lowest BCUT2D eigenvalue weighted by Gasteiger charge is -2.36. The summed E-state index contributed by atoms with van der Waals surface area (Å²) < 4.78 is 25.5. The number of hydrogen-bond acceptors (Lipinski definition) is 4. The molecule has 1 fully saturated rings. The van der Waals surface area contributed by atoms with E-state index in [4.69, 9.17) is 9.47 Å². The van der Waals surface area contributed by atoms with Gasteiger partial charge in [-0.1, -0.05) is 22.0 Å². The summed E-state index contributed by atoms with van der Waals surface area (Å²) in [5.74, 6) is 1.29. The van der Waals surface area contributed by atoms with Crippen LogP contribution in [0.15, 0.2) is 52.9 Å². The largest absolute Gasteiger partial charge is 0.493 e. The lowest BCUT2D eigenvalue weighted by Crippen LogP contribution is -2.45. The first-order valence-corrected chi connectivity index (χ1v) is 11.3. The second-order valence-electron chi connectivity index (χ2n) is 8.23. The molecule has 1 amide bonds. The molecule has 5 nitrogen and oxygen atoms in total. The zero-order chi connectivity index (χ0) is 22.0. The van der Waals surface area contributed by atoms with E-state index in [1.165, 1.54) is 31.1 Å². The van der Waals surface area contributed by atoms with Crippen LogP contribution in [0.2, 0.25) is 0 Å². The summed E-state index contributed by atoms with van der Waals surface area (Å²) in [5, 5.41) is 0. The Balaban J connectivity index is 1.52. The number of amides is 1. The zero-order valence-electron chi connectivity index (χ0n) is 17.4. The molecule has 3 aliphatic rings. The highest BCUT2D eigenvalue weighted by atomic mass is 79.9. The molecule has 2 aliphatic carbocycles. The maximum Gasteiger partial charge on any atom is 0.231 e. The van der Waals surface area contributed by atoms with Crippen LogP contribution in [0.25, 0.3) is 0 Å². The van der Waals surface area contributed by atoms with Crippen molar-refractivity contribution >= 4 is 27.6 Å². The number of ether oxygens (including phenoxy) is 2. The topological polar surface area (TPSA) is 55.8 Å². The number of carbonyl (C=O) groups is 2. The SMILES string of the molecule is COc1cc(Br)c(CC(=O)N2C=CC(=O)CC2C2C=CC(F)=CC2)cc1OCC1CC1. The molecule has 0 aromatic heterocycles. The van der Waals surface area contributed by atoms with Crippen molar-refractivity contribution in [3.8, 4) is 11.5 Å². The number of benzene rings is 1. The molecule has 1 saturated carbocycles. The zero-order valence-corrected chi connectivity index (χ0v) is 18.9. The first-order valence-electron chi connectivity index (χ1n) is 10.5. The third kappa shape index (κ3) is 5.26. The number of carbonyl (C=O) groups excluding carboxylic acids is 2. The summed E-state index contributed by atoms with van der Waals surface area (Å²) >= 11 is 3.54. The van der Waals surface area contributed by atoms with Crippen LogP contribution in [0, 0.1) is 11.8 Å². The van der Waals surface area contributed by atoms with E-state index in [1.807, 2.05) is 12.1 Å². The smallest absolute Gasteiger partial charge is 0.231 e. The second-order valence-corrected chi connectivity index (χ2v) is 9.08. The number of hydrogen-bond donors (Lipinski definition) is 0. The minimum absolute atomic E-state index is 0.0288. The molecule has 0 spiro atoms. The van der Waals surface area contributed by atoms with Crippen LogP contribution in [0.4, 0.5) is 4.39 Å². The quantitative estimate of drug-likeness (QED) is 0.546. The highest BCUT2D eigenvalue weighted by Gasteiger charge is 2.33. The van der Waals surface area contributed by atoms with Crippen LogP contribution in [0.3, 0.4) is 0 Å². The maximum absolute atomic E-state index is 13.4. The fourth-order valence-electron chi connectivity index (χ4n) is 3.90. The third-order valence-electron chi connectivity index (χ3n) is 5.90. The van der Waals surface area contributed by atoms with Crippen molar-refractivity contribution in [2.45, 2.75) is 38.1 Å². The van der Waals surface area contributed by atoms with E-state index in [9.17, 15) is 14.0 Å². The Kier molecular flexibility index (Phi) is 6.60. The van der Waals surface area contributed by atoms with Gasteiger partial charge in [0.05, 0.1) is 26.2 Å². The molecule has 1 aliphatic heterocycles. The minimum atomic E-state index is -0.326. The Bertz CT molecular complexity index is 967. The summed E-state index contributed by atoms with van der Waals surface area (Å²) in [7, 11) is 1.59. The van der Waals surface area contributed by atoms with Crippen LogP contribution < -0.4 is 9.47 Å². The van der Waals surface area contributed by atoms with Crippen molar-refractivity contribution < 1.29 is 23.5 Å². The second kappa shape index (κ2) is 9.39. The van der Waals surface area contributed by atoms with Crippen LogP contribution >= 0.6 is 15.9 Å². The summed E-state index contributed by atoms with van der Waals surface area (Å²) in [6.07, 6.45) is 10.8.